The third-order valence-corrected chi connectivity index (χ3v) is 5.33. The normalized spacial score (nSPS) is 15.9. The van der Waals surface area contributed by atoms with Crippen molar-refractivity contribution in [2.24, 2.45) is 0 Å². The van der Waals surface area contributed by atoms with Gasteiger partial charge in [0.15, 0.2) is 0 Å². The highest BCUT2D eigenvalue weighted by Crippen LogP contribution is 2.43. The molecule has 0 atom stereocenters. The van der Waals surface area contributed by atoms with Gasteiger partial charge in [-0.2, -0.15) is 0 Å². The van der Waals surface area contributed by atoms with Crippen LogP contribution in [0.2, 0.25) is 0 Å². The quantitative estimate of drug-likeness (QED) is 0.605. The van der Waals surface area contributed by atoms with Gasteiger partial charge in [0.1, 0.15) is 5.01 Å². The van der Waals surface area contributed by atoms with Crippen LogP contribution in [0.25, 0.3) is 26.4 Å². The van der Waals surface area contributed by atoms with Crippen molar-refractivity contribution in [1.29, 1.82) is 0 Å². The number of rotatable bonds is 1. The Balaban J connectivity index is 1.98. The minimum Gasteiger partial charge on any atom is -0.376 e. The Morgan fingerprint density at radius 3 is 2.57 bits per heavy atom. The highest BCUT2D eigenvalue weighted by Gasteiger charge is 2.26. The number of anilines is 1. The van der Waals surface area contributed by atoms with Crippen molar-refractivity contribution in [3.05, 3.63) is 53.6 Å². The van der Waals surface area contributed by atoms with Crippen molar-refractivity contribution in [2.75, 3.05) is 5.32 Å². The number of fused-ring (bicyclic) bond motifs is 2. The highest BCUT2D eigenvalue weighted by molar-refractivity contribution is 7.21. The van der Waals surface area contributed by atoms with E-state index in [4.69, 9.17) is 4.98 Å². The van der Waals surface area contributed by atoms with Crippen molar-refractivity contribution >= 4 is 32.8 Å². The van der Waals surface area contributed by atoms with E-state index in [0.29, 0.717) is 0 Å². The monoisotopic (exact) mass is 320 g/mol. The van der Waals surface area contributed by atoms with Gasteiger partial charge < -0.3 is 5.32 Å². The molecular weight excluding hydrogens is 300 g/mol. The molecule has 1 aliphatic heterocycles. The number of para-hydroxylation sites is 1. The lowest BCUT2D eigenvalue weighted by Crippen LogP contribution is -2.31. The Labute approximate surface area is 140 Å². The van der Waals surface area contributed by atoms with E-state index in [0.717, 1.165) is 10.5 Å². The van der Waals surface area contributed by atoms with Gasteiger partial charge in [-0.15, -0.1) is 11.3 Å². The van der Waals surface area contributed by atoms with Crippen LogP contribution in [0.3, 0.4) is 0 Å². The van der Waals surface area contributed by atoms with Gasteiger partial charge in [-0.25, -0.2) is 4.98 Å². The second-order valence-corrected chi connectivity index (χ2v) is 7.93. The molecule has 0 bridgehead atoms. The van der Waals surface area contributed by atoms with Crippen LogP contribution in [0.5, 0.6) is 0 Å². The average Bonchev–Trinajstić information content (AvgIpc) is 2.90. The number of benzene rings is 2. The van der Waals surface area contributed by atoms with Crippen molar-refractivity contribution in [3.63, 3.8) is 0 Å². The van der Waals surface area contributed by atoms with E-state index in [9.17, 15) is 0 Å². The third kappa shape index (κ3) is 2.45. The number of hydrogen-bond donors (Lipinski definition) is 1. The second kappa shape index (κ2) is 4.93. The summed E-state index contributed by atoms with van der Waals surface area (Å²) in [7, 11) is 0. The zero-order valence-corrected chi connectivity index (χ0v) is 14.7. The van der Waals surface area contributed by atoms with Crippen molar-refractivity contribution in [3.8, 4) is 10.6 Å². The number of nitrogens with one attached hydrogen (secondary N) is 1. The molecule has 0 saturated carbocycles. The first-order valence-corrected chi connectivity index (χ1v) is 8.73. The predicted octanol–water partition coefficient (Wildman–Crippen LogP) is 5.88. The molecule has 0 fully saturated rings. The van der Waals surface area contributed by atoms with Gasteiger partial charge in [0.25, 0.3) is 0 Å². The van der Waals surface area contributed by atoms with Crippen LogP contribution >= 0.6 is 11.3 Å². The summed E-state index contributed by atoms with van der Waals surface area (Å²) in [5, 5.41) is 4.78. The maximum Gasteiger partial charge on any atom is 0.126 e. The summed E-state index contributed by atoms with van der Waals surface area (Å²) < 4.78 is 1.24. The van der Waals surface area contributed by atoms with E-state index < -0.39 is 0 Å². The van der Waals surface area contributed by atoms with Crippen LogP contribution in [0.15, 0.2) is 42.5 Å². The van der Waals surface area contributed by atoms with Crippen molar-refractivity contribution < 1.29 is 0 Å². The van der Waals surface area contributed by atoms with E-state index >= 15 is 0 Å². The highest BCUT2D eigenvalue weighted by atomic mass is 32.1. The Morgan fingerprint density at radius 1 is 1.04 bits per heavy atom. The fraction of sp³-hybridized carbons (Fsp3) is 0.250. The first-order valence-electron chi connectivity index (χ1n) is 7.91. The largest absolute Gasteiger partial charge is 0.376 e. The summed E-state index contributed by atoms with van der Waals surface area (Å²) in [6, 6.07) is 12.9. The van der Waals surface area contributed by atoms with E-state index in [1.165, 1.54) is 32.7 Å². The van der Waals surface area contributed by atoms with Gasteiger partial charge in [-0.05, 0) is 63.1 Å². The van der Waals surface area contributed by atoms with Gasteiger partial charge in [0.05, 0.1) is 21.4 Å². The fourth-order valence-corrected chi connectivity index (χ4v) is 4.35. The smallest absolute Gasteiger partial charge is 0.126 e. The molecule has 0 saturated heterocycles. The number of aromatic nitrogens is 1. The predicted molar refractivity (Wildman–Crippen MR) is 101 cm³/mol. The van der Waals surface area contributed by atoms with Gasteiger partial charge in [-0.1, -0.05) is 18.2 Å². The number of thiazole rings is 1. The maximum atomic E-state index is 4.86. The Hall–Kier alpha value is -2.13. The fourth-order valence-electron chi connectivity index (χ4n) is 3.37. The van der Waals surface area contributed by atoms with Crippen LogP contribution in [0, 0.1) is 6.92 Å². The van der Waals surface area contributed by atoms with Gasteiger partial charge in [0, 0.05) is 11.1 Å². The lowest BCUT2D eigenvalue weighted by Gasteiger charge is -2.33. The molecule has 2 heterocycles. The first-order chi connectivity index (χ1) is 10.9. The SMILES string of the molecule is CC1=CC(C)(C)Nc2c1cc(C)cc2-c1nc2ccccc2s1. The molecule has 1 aliphatic rings. The average molecular weight is 320 g/mol. The van der Waals surface area contributed by atoms with E-state index in [-0.39, 0.29) is 5.54 Å². The third-order valence-electron chi connectivity index (χ3n) is 4.26. The summed E-state index contributed by atoms with van der Waals surface area (Å²) in [6.45, 7) is 8.77. The van der Waals surface area contributed by atoms with Crippen LogP contribution in [-0.2, 0) is 0 Å². The Kier molecular flexibility index (Phi) is 3.10. The van der Waals surface area contributed by atoms with Crippen molar-refractivity contribution in [1.82, 2.24) is 4.98 Å². The Bertz CT molecular complexity index is 914. The zero-order valence-electron chi connectivity index (χ0n) is 13.9. The summed E-state index contributed by atoms with van der Waals surface area (Å²) in [5.74, 6) is 0. The molecule has 0 radical (unpaired) electrons. The van der Waals surface area contributed by atoms with E-state index in [1.54, 1.807) is 11.3 Å². The van der Waals surface area contributed by atoms with Gasteiger partial charge in [0.2, 0.25) is 0 Å². The summed E-state index contributed by atoms with van der Waals surface area (Å²) in [6.07, 6.45) is 2.30. The van der Waals surface area contributed by atoms with Crippen LogP contribution in [0.1, 0.15) is 31.9 Å². The summed E-state index contributed by atoms with van der Waals surface area (Å²) in [5.41, 5.74) is 7.34. The second-order valence-electron chi connectivity index (χ2n) is 6.90. The molecule has 4 rings (SSSR count). The number of aryl methyl sites for hydroxylation is 1. The Morgan fingerprint density at radius 2 is 1.78 bits per heavy atom. The van der Waals surface area contributed by atoms with Crippen LogP contribution in [0.4, 0.5) is 5.69 Å². The van der Waals surface area contributed by atoms with Crippen LogP contribution in [-0.4, -0.2) is 10.5 Å². The lowest BCUT2D eigenvalue weighted by atomic mass is 9.88. The molecule has 1 N–H and O–H groups in total. The molecular formula is C20H20N2S. The molecule has 116 valence electrons. The van der Waals surface area contributed by atoms with E-state index in [2.05, 4.69) is 69.4 Å². The molecule has 23 heavy (non-hydrogen) atoms. The number of allylic oxidation sites excluding steroid dienone is 1. The maximum absolute atomic E-state index is 4.86. The molecule has 0 aliphatic carbocycles. The minimum atomic E-state index is -0.0439. The minimum absolute atomic E-state index is 0.0439. The van der Waals surface area contributed by atoms with Crippen molar-refractivity contribution in [2.45, 2.75) is 33.2 Å². The molecule has 2 aromatic carbocycles. The molecule has 3 aromatic rings. The molecule has 3 heteroatoms. The summed E-state index contributed by atoms with van der Waals surface area (Å²) >= 11 is 1.76. The number of hydrogen-bond acceptors (Lipinski definition) is 3. The first kappa shape index (κ1) is 14.5. The molecule has 0 spiro atoms. The summed E-state index contributed by atoms with van der Waals surface area (Å²) in [4.78, 5) is 4.86. The van der Waals surface area contributed by atoms with Crippen LogP contribution < -0.4 is 5.32 Å². The molecule has 0 unspecified atom stereocenters. The standard InChI is InChI=1S/C20H20N2S/c1-12-9-14-13(2)11-20(3,4)22-18(14)15(10-12)19-21-16-7-5-6-8-17(16)23-19/h5-11,22H,1-4H3. The zero-order chi connectivity index (χ0) is 16.2. The lowest BCUT2D eigenvalue weighted by molar-refractivity contribution is 0.707. The molecule has 0 amide bonds. The van der Waals surface area contributed by atoms with E-state index in [1.807, 2.05) is 6.07 Å². The number of nitrogens with zero attached hydrogens (tertiary/aromatic N) is 1. The topological polar surface area (TPSA) is 24.9 Å². The molecule has 2 nitrogen and oxygen atoms in total. The van der Waals surface area contributed by atoms with Gasteiger partial charge in [-0.3, -0.25) is 0 Å². The van der Waals surface area contributed by atoms with Gasteiger partial charge >= 0.3 is 0 Å². The molecule has 1 aromatic heterocycles.